The maximum atomic E-state index is 12.8. The van der Waals surface area contributed by atoms with Crippen molar-refractivity contribution in [1.29, 1.82) is 0 Å². The Morgan fingerprint density at radius 2 is 1.55 bits per heavy atom. The molecule has 3 aromatic carbocycles. The highest BCUT2D eigenvalue weighted by Crippen LogP contribution is 2.26. The third-order valence-electron chi connectivity index (χ3n) is 4.70. The van der Waals surface area contributed by atoms with Crippen LogP contribution in [0.15, 0.2) is 83.8 Å². The van der Waals surface area contributed by atoms with Gasteiger partial charge in [0.1, 0.15) is 0 Å². The maximum Gasteiger partial charge on any atom is 0.264 e. The van der Waals surface area contributed by atoms with Crippen molar-refractivity contribution in [3.05, 3.63) is 90.0 Å². The topological polar surface area (TPSA) is 66.5 Å². The first kappa shape index (κ1) is 20.6. The molecule has 3 rings (SSSR count). The van der Waals surface area contributed by atoms with Crippen LogP contribution in [-0.4, -0.2) is 21.4 Å². The second-order valence-corrected chi connectivity index (χ2v) is 9.00. The van der Waals surface area contributed by atoms with E-state index < -0.39 is 10.0 Å². The Balaban J connectivity index is 1.87. The molecule has 0 spiro atoms. The molecule has 0 saturated carbocycles. The van der Waals surface area contributed by atoms with Gasteiger partial charge in [-0.2, -0.15) is 0 Å². The molecule has 0 fully saturated rings. The highest BCUT2D eigenvalue weighted by atomic mass is 32.2. The normalized spacial score (nSPS) is 11.3. The zero-order valence-corrected chi connectivity index (χ0v) is 17.5. The number of hydrogen-bond acceptors (Lipinski definition) is 3. The van der Waals surface area contributed by atoms with E-state index >= 15 is 0 Å². The lowest BCUT2D eigenvalue weighted by Crippen LogP contribution is -2.26. The molecule has 0 atom stereocenters. The van der Waals surface area contributed by atoms with Crippen LogP contribution in [0.5, 0.6) is 0 Å². The molecule has 0 radical (unpaired) electrons. The number of rotatable bonds is 6. The number of anilines is 2. The van der Waals surface area contributed by atoms with Crippen molar-refractivity contribution < 1.29 is 13.2 Å². The van der Waals surface area contributed by atoms with Crippen molar-refractivity contribution in [3.63, 3.8) is 0 Å². The molecule has 0 aromatic heterocycles. The number of carbonyl (C=O) groups excluding carboxylic acids is 1. The SMILES string of the molecule is CC(C)c1ccccc1NC(=O)c1cccc(N(C)S(=O)(=O)c2ccccc2)c1. The van der Waals surface area contributed by atoms with Gasteiger partial charge < -0.3 is 5.32 Å². The van der Waals surface area contributed by atoms with Crippen LogP contribution in [0.1, 0.15) is 35.7 Å². The molecule has 0 saturated heterocycles. The van der Waals surface area contributed by atoms with E-state index in [1.807, 2.05) is 24.3 Å². The zero-order chi connectivity index (χ0) is 21.0. The molecule has 29 heavy (non-hydrogen) atoms. The zero-order valence-electron chi connectivity index (χ0n) is 16.7. The van der Waals surface area contributed by atoms with Crippen LogP contribution in [-0.2, 0) is 10.0 Å². The highest BCUT2D eigenvalue weighted by Gasteiger charge is 2.21. The van der Waals surface area contributed by atoms with E-state index in [4.69, 9.17) is 0 Å². The Labute approximate surface area is 172 Å². The summed E-state index contributed by atoms with van der Waals surface area (Å²) in [5, 5.41) is 2.94. The minimum Gasteiger partial charge on any atom is -0.322 e. The Kier molecular flexibility index (Phi) is 6.03. The van der Waals surface area contributed by atoms with Crippen LogP contribution in [0, 0.1) is 0 Å². The number of sulfonamides is 1. The van der Waals surface area contributed by atoms with Crippen molar-refractivity contribution in [3.8, 4) is 0 Å². The van der Waals surface area contributed by atoms with Gasteiger partial charge >= 0.3 is 0 Å². The Morgan fingerprint density at radius 1 is 0.897 bits per heavy atom. The van der Waals surface area contributed by atoms with Crippen molar-refractivity contribution in [2.45, 2.75) is 24.7 Å². The first-order valence-electron chi connectivity index (χ1n) is 9.35. The van der Waals surface area contributed by atoms with Gasteiger partial charge in [0.05, 0.1) is 10.6 Å². The van der Waals surface area contributed by atoms with Crippen molar-refractivity contribution >= 4 is 27.3 Å². The summed E-state index contributed by atoms with van der Waals surface area (Å²) in [5.74, 6) is -0.0227. The summed E-state index contributed by atoms with van der Waals surface area (Å²) < 4.78 is 26.9. The van der Waals surface area contributed by atoms with Gasteiger partial charge in [-0.25, -0.2) is 8.42 Å². The van der Waals surface area contributed by atoms with Crippen LogP contribution in [0.2, 0.25) is 0 Å². The average molecular weight is 409 g/mol. The Hall–Kier alpha value is -3.12. The van der Waals surface area contributed by atoms with Crippen molar-refractivity contribution in [1.82, 2.24) is 0 Å². The maximum absolute atomic E-state index is 12.8. The second-order valence-electron chi connectivity index (χ2n) is 7.03. The van der Waals surface area contributed by atoms with Crippen molar-refractivity contribution in [2.24, 2.45) is 0 Å². The fourth-order valence-electron chi connectivity index (χ4n) is 3.04. The molecule has 3 aromatic rings. The summed E-state index contributed by atoms with van der Waals surface area (Å²) in [7, 11) is -2.23. The van der Waals surface area contributed by atoms with Gasteiger partial charge in [-0.1, -0.05) is 56.3 Å². The highest BCUT2D eigenvalue weighted by molar-refractivity contribution is 7.92. The van der Waals surface area contributed by atoms with Gasteiger partial charge in [-0.3, -0.25) is 9.10 Å². The Bertz CT molecular complexity index is 1110. The summed E-state index contributed by atoms with van der Waals surface area (Å²) in [4.78, 5) is 13.0. The van der Waals surface area contributed by atoms with E-state index in [-0.39, 0.29) is 16.7 Å². The first-order valence-corrected chi connectivity index (χ1v) is 10.8. The smallest absolute Gasteiger partial charge is 0.264 e. The number of carbonyl (C=O) groups is 1. The lowest BCUT2D eigenvalue weighted by Gasteiger charge is -2.20. The van der Waals surface area contributed by atoms with E-state index in [1.54, 1.807) is 54.6 Å². The van der Waals surface area contributed by atoms with Crippen LogP contribution in [0.3, 0.4) is 0 Å². The molecule has 0 aliphatic heterocycles. The van der Waals surface area contributed by atoms with Gasteiger partial charge in [0.2, 0.25) is 0 Å². The van der Waals surface area contributed by atoms with Gasteiger partial charge in [-0.15, -0.1) is 0 Å². The predicted molar refractivity (Wildman–Crippen MR) is 117 cm³/mol. The van der Waals surface area contributed by atoms with Crippen LogP contribution in [0.4, 0.5) is 11.4 Å². The number of nitrogens with one attached hydrogen (secondary N) is 1. The number of benzene rings is 3. The summed E-state index contributed by atoms with van der Waals surface area (Å²) in [6, 6.07) is 22.5. The molecule has 0 heterocycles. The summed E-state index contributed by atoms with van der Waals surface area (Å²) in [5.41, 5.74) is 2.60. The van der Waals surface area contributed by atoms with E-state index in [9.17, 15) is 13.2 Å². The lowest BCUT2D eigenvalue weighted by atomic mass is 10.0. The molecule has 150 valence electrons. The molecule has 0 aliphatic rings. The molecule has 0 aliphatic carbocycles. The van der Waals surface area contributed by atoms with Gasteiger partial charge in [0.15, 0.2) is 0 Å². The van der Waals surface area contributed by atoms with E-state index in [1.165, 1.54) is 11.4 Å². The quantitative estimate of drug-likeness (QED) is 0.632. The standard InChI is InChI=1S/C23H24N2O3S/c1-17(2)21-14-7-8-15-22(21)24-23(26)18-10-9-11-19(16-18)25(3)29(27,28)20-12-5-4-6-13-20/h4-17H,1-3H3,(H,24,26). The molecule has 1 N–H and O–H groups in total. The summed E-state index contributed by atoms with van der Waals surface area (Å²) in [6.45, 7) is 4.13. The van der Waals surface area contributed by atoms with Gasteiger partial charge in [0, 0.05) is 18.3 Å². The molecule has 0 bridgehead atoms. The van der Waals surface area contributed by atoms with Crippen LogP contribution in [0.25, 0.3) is 0 Å². The van der Waals surface area contributed by atoms with E-state index in [0.29, 0.717) is 11.3 Å². The summed E-state index contributed by atoms with van der Waals surface area (Å²) in [6.07, 6.45) is 0. The monoisotopic (exact) mass is 408 g/mol. The molecule has 6 heteroatoms. The molecular formula is C23H24N2O3S. The van der Waals surface area contributed by atoms with Crippen LogP contribution < -0.4 is 9.62 Å². The molecule has 1 amide bonds. The lowest BCUT2D eigenvalue weighted by molar-refractivity contribution is 0.102. The number of hydrogen-bond donors (Lipinski definition) is 1. The number of nitrogens with zero attached hydrogens (tertiary/aromatic N) is 1. The Morgan fingerprint density at radius 3 is 2.24 bits per heavy atom. The van der Waals surface area contributed by atoms with E-state index in [2.05, 4.69) is 19.2 Å². The third kappa shape index (κ3) is 4.49. The minimum atomic E-state index is -3.71. The minimum absolute atomic E-state index is 0.197. The second kappa shape index (κ2) is 8.49. The van der Waals surface area contributed by atoms with Crippen LogP contribution >= 0.6 is 0 Å². The summed E-state index contributed by atoms with van der Waals surface area (Å²) >= 11 is 0. The fraction of sp³-hybridized carbons (Fsp3) is 0.174. The molecule has 0 unspecified atom stereocenters. The predicted octanol–water partition coefficient (Wildman–Crippen LogP) is 4.89. The van der Waals surface area contributed by atoms with Crippen molar-refractivity contribution in [2.75, 3.05) is 16.7 Å². The molecule has 5 nitrogen and oxygen atoms in total. The number of amides is 1. The first-order chi connectivity index (χ1) is 13.8. The number of para-hydroxylation sites is 1. The van der Waals surface area contributed by atoms with E-state index in [0.717, 1.165) is 11.3 Å². The largest absolute Gasteiger partial charge is 0.322 e. The van der Waals surface area contributed by atoms with Gasteiger partial charge in [0.25, 0.3) is 15.9 Å². The average Bonchev–Trinajstić information content (AvgIpc) is 2.74. The molecular weight excluding hydrogens is 384 g/mol. The fourth-order valence-corrected chi connectivity index (χ4v) is 4.25. The third-order valence-corrected chi connectivity index (χ3v) is 6.50. The van der Waals surface area contributed by atoms with Gasteiger partial charge in [-0.05, 0) is 47.9 Å².